The van der Waals surface area contributed by atoms with E-state index in [1.807, 2.05) is 36.4 Å². The summed E-state index contributed by atoms with van der Waals surface area (Å²) in [6.45, 7) is 7.47. The van der Waals surface area contributed by atoms with Gasteiger partial charge in [0.05, 0.1) is 18.2 Å². The van der Waals surface area contributed by atoms with Crippen molar-refractivity contribution in [3.05, 3.63) is 70.3 Å². The second-order valence-electron chi connectivity index (χ2n) is 8.94. The van der Waals surface area contributed by atoms with Crippen molar-refractivity contribution in [3.63, 3.8) is 0 Å². The summed E-state index contributed by atoms with van der Waals surface area (Å²) in [4.78, 5) is 27.8. The number of aliphatic hydroxyl groups is 1. The van der Waals surface area contributed by atoms with Crippen LogP contribution in [0.3, 0.4) is 0 Å². The summed E-state index contributed by atoms with van der Waals surface area (Å²) in [5, 5.41) is 11.2. The van der Waals surface area contributed by atoms with Crippen molar-refractivity contribution in [2.45, 2.75) is 58.4 Å². The number of benzene rings is 2. The van der Waals surface area contributed by atoms with Gasteiger partial charge < -0.3 is 14.7 Å². The van der Waals surface area contributed by atoms with E-state index in [1.54, 1.807) is 11.0 Å². The summed E-state index contributed by atoms with van der Waals surface area (Å²) in [5.41, 5.74) is 3.75. The van der Waals surface area contributed by atoms with Crippen molar-refractivity contribution in [2.24, 2.45) is 0 Å². The van der Waals surface area contributed by atoms with Gasteiger partial charge in [-0.05, 0) is 47.2 Å². The number of amides is 1. The SMILES string of the molecule is CCCCCN1C(=O)C(=O)/C(=C(\O)c2ccc3c(c2)CCO3)C1c1ccc(C(C)C)cc1. The minimum atomic E-state index is -0.617. The number of fused-ring (bicyclic) bond motifs is 1. The normalized spacial score (nSPS) is 19.5. The molecule has 0 bridgehead atoms. The molecule has 2 aliphatic heterocycles. The molecule has 2 aromatic rings. The molecule has 1 saturated heterocycles. The first-order valence-corrected chi connectivity index (χ1v) is 11.6. The Morgan fingerprint density at radius 3 is 2.56 bits per heavy atom. The molecular formula is C27H31NO4. The van der Waals surface area contributed by atoms with Crippen LogP contribution in [-0.2, 0) is 16.0 Å². The molecule has 5 nitrogen and oxygen atoms in total. The van der Waals surface area contributed by atoms with Crippen LogP contribution in [0.2, 0.25) is 0 Å². The van der Waals surface area contributed by atoms with Gasteiger partial charge in [0.15, 0.2) is 0 Å². The van der Waals surface area contributed by atoms with Gasteiger partial charge in [0.1, 0.15) is 11.5 Å². The fraction of sp³-hybridized carbons (Fsp3) is 0.407. The molecule has 2 aromatic carbocycles. The van der Waals surface area contributed by atoms with Gasteiger partial charge in [0, 0.05) is 18.5 Å². The average molecular weight is 434 g/mol. The Kier molecular flexibility index (Phi) is 6.35. The molecule has 5 heteroatoms. The van der Waals surface area contributed by atoms with Gasteiger partial charge in [-0.3, -0.25) is 9.59 Å². The summed E-state index contributed by atoms with van der Waals surface area (Å²) in [7, 11) is 0. The van der Waals surface area contributed by atoms with Gasteiger partial charge in [-0.1, -0.05) is 57.9 Å². The molecule has 0 radical (unpaired) electrons. The third-order valence-electron chi connectivity index (χ3n) is 6.42. The predicted molar refractivity (Wildman–Crippen MR) is 125 cm³/mol. The summed E-state index contributed by atoms with van der Waals surface area (Å²) in [6, 6.07) is 12.9. The number of ketones is 1. The zero-order valence-corrected chi connectivity index (χ0v) is 19.1. The van der Waals surface area contributed by atoms with Crippen molar-refractivity contribution in [1.82, 2.24) is 4.90 Å². The minimum absolute atomic E-state index is 0.117. The summed E-state index contributed by atoms with van der Waals surface area (Å²) in [6.07, 6.45) is 3.59. The van der Waals surface area contributed by atoms with Crippen molar-refractivity contribution in [1.29, 1.82) is 0 Å². The van der Waals surface area contributed by atoms with E-state index in [0.717, 1.165) is 42.6 Å². The number of carbonyl (C=O) groups is 2. The maximum absolute atomic E-state index is 13.1. The highest BCUT2D eigenvalue weighted by molar-refractivity contribution is 6.46. The van der Waals surface area contributed by atoms with Crippen LogP contribution < -0.4 is 4.74 Å². The number of carbonyl (C=O) groups excluding carboxylic acids is 2. The fourth-order valence-corrected chi connectivity index (χ4v) is 4.54. The van der Waals surface area contributed by atoms with Crippen LogP contribution in [0.1, 0.15) is 74.2 Å². The van der Waals surface area contributed by atoms with Crippen LogP contribution >= 0.6 is 0 Å². The zero-order chi connectivity index (χ0) is 22.8. The van der Waals surface area contributed by atoms with Crippen LogP contribution in [0.5, 0.6) is 5.75 Å². The van der Waals surface area contributed by atoms with Crippen LogP contribution in [0, 0.1) is 0 Å². The van der Waals surface area contributed by atoms with E-state index in [-0.39, 0.29) is 11.3 Å². The number of rotatable bonds is 7. The molecule has 1 atom stereocenters. The lowest BCUT2D eigenvalue weighted by molar-refractivity contribution is -0.139. The summed E-state index contributed by atoms with van der Waals surface area (Å²) in [5.74, 6) is -0.0799. The molecule has 1 amide bonds. The Bertz CT molecular complexity index is 1050. The lowest BCUT2D eigenvalue weighted by Gasteiger charge is -2.25. The first kappa shape index (κ1) is 22.1. The molecule has 1 fully saturated rings. The first-order valence-electron chi connectivity index (χ1n) is 11.6. The van der Waals surface area contributed by atoms with Gasteiger partial charge in [0.2, 0.25) is 0 Å². The van der Waals surface area contributed by atoms with Crippen molar-refractivity contribution < 1.29 is 19.4 Å². The molecule has 2 aliphatic rings. The number of nitrogens with zero attached hydrogens (tertiary/aromatic N) is 1. The number of Topliss-reactive ketones (excluding diaryl/α,β-unsaturated/α-hetero) is 1. The molecule has 0 saturated carbocycles. The fourth-order valence-electron chi connectivity index (χ4n) is 4.54. The topological polar surface area (TPSA) is 66.8 Å². The van der Waals surface area contributed by atoms with Crippen LogP contribution in [0.15, 0.2) is 48.0 Å². The maximum Gasteiger partial charge on any atom is 0.295 e. The van der Waals surface area contributed by atoms with Gasteiger partial charge in [-0.25, -0.2) is 0 Å². The number of aliphatic hydroxyl groups excluding tert-OH is 1. The Morgan fingerprint density at radius 2 is 1.88 bits per heavy atom. The van der Waals surface area contributed by atoms with Gasteiger partial charge in [-0.15, -0.1) is 0 Å². The number of hydrogen-bond acceptors (Lipinski definition) is 4. The van der Waals surface area contributed by atoms with Crippen LogP contribution in [0.25, 0.3) is 5.76 Å². The van der Waals surface area contributed by atoms with Crippen molar-refractivity contribution in [3.8, 4) is 5.75 Å². The highest BCUT2D eigenvalue weighted by atomic mass is 16.5. The number of hydrogen-bond donors (Lipinski definition) is 1. The Labute approximate surface area is 189 Å². The smallest absolute Gasteiger partial charge is 0.295 e. The lowest BCUT2D eigenvalue weighted by atomic mass is 9.92. The Morgan fingerprint density at radius 1 is 1.12 bits per heavy atom. The van der Waals surface area contributed by atoms with Gasteiger partial charge >= 0.3 is 0 Å². The number of unbranched alkanes of at least 4 members (excludes halogenated alkanes) is 2. The van der Waals surface area contributed by atoms with E-state index in [4.69, 9.17) is 4.74 Å². The van der Waals surface area contributed by atoms with Crippen molar-refractivity contribution in [2.75, 3.05) is 13.2 Å². The first-order chi connectivity index (χ1) is 15.4. The number of likely N-dealkylation sites (tertiary alicyclic amines) is 1. The van der Waals surface area contributed by atoms with Gasteiger partial charge in [0.25, 0.3) is 11.7 Å². The van der Waals surface area contributed by atoms with E-state index in [0.29, 0.717) is 24.6 Å². The van der Waals surface area contributed by atoms with E-state index < -0.39 is 17.7 Å². The largest absolute Gasteiger partial charge is 0.507 e. The molecular weight excluding hydrogens is 402 g/mol. The zero-order valence-electron chi connectivity index (χ0n) is 19.1. The molecule has 32 heavy (non-hydrogen) atoms. The molecule has 0 aliphatic carbocycles. The summed E-state index contributed by atoms with van der Waals surface area (Å²) >= 11 is 0. The molecule has 1 N–H and O–H groups in total. The molecule has 0 aromatic heterocycles. The van der Waals surface area contributed by atoms with E-state index >= 15 is 0 Å². The molecule has 168 valence electrons. The second kappa shape index (κ2) is 9.19. The predicted octanol–water partition coefficient (Wildman–Crippen LogP) is 5.36. The van der Waals surface area contributed by atoms with Crippen LogP contribution in [0.4, 0.5) is 0 Å². The third-order valence-corrected chi connectivity index (χ3v) is 6.42. The Hall–Kier alpha value is -3.08. The molecule has 4 rings (SSSR count). The second-order valence-corrected chi connectivity index (χ2v) is 8.94. The summed E-state index contributed by atoms with van der Waals surface area (Å²) < 4.78 is 5.56. The van der Waals surface area contributed by atoms with E-state index in [1.165, 1.54) is 5.56 Å². The number of ether oxygens (including phenoxy) is 1. The van der Waals surface area contributed by atoms with E-state index in [9.17, 15) is 14.7 Å². The highest BCUT2D eigenvalue weighted by Gasteiger charge is 2.45. The lowest BCUT2D eigenvalue weighted by Crippen LogP contribution is -2.30. The van der Waals surface area contributed by atoms with Gasteiger partial charge in [-0.2, -0.15) is 0 Å². The molecule has 0 spiro atoms. The monoisotopic (exact) mass is 433 g/mol. The third kappa shape index (κ3) is 4.04. The maximum atomic E-state index is 13.1. The van der Waals surface area contributed by atoms with Crippen molar-refractivity contribution >= 4 is 17.4 Å². The minimum Gasteiger partial charge on any atom is -0.507 e. The standard InChI is InChI=1S/C27H31NO4/c1-4-5-6-14-28-24(19-9-7-18(8-10-19)17(2)3)23(26(30)27(28)31)25(29)21-11-12-22-20(16-21)13-15-32-22/h7-12,16-17,24,29H,4-6,13-15H2,1-3H3/b25-23-. The van der Waals surface area contributed by atoms with E-state index in [2.05, 4.69) is 20.8 Å². The van der Waals surface area contributed by atoms with Crippen LogP contribution in [-0.4, -0.2) is 34.8 Å². The Balaban J connectivity index is 1.79. The molecule has 2 heterocycles. The average Bonchev–Trinajstić information content (AvgIpc) is 3.36. The quantitative estimate of drug-likeness (QED) is 0.276. The highest BCUT2D eigenvalue weighted by Crippen LogP contribution is 2.40. The molecule has 1 unspecified atom stereocenters.